The van der Waals surface area contributed by atoms with E-state index in [-0.39, 0.29) is 41.6 Å². The Morgan fingerprint density at radius 1 is 1.16 bits per heavy atom. The van der Waals surface area contributed by atoms with Crippen molar-refractivity contribution in [1.29, 1.82) is 0 Å². The molecule has 3 heterocycles. The zero-order valence-corrected chi connectivity index (χ0v) is 18.9. The topological polar surface area (TPSA) is 125 Å². The Hall–Kier alpha value is -1.49. The molecule has 4 rings (SSSR count). The van der Waals surface area contributed by atoms with Gasteiger partial charge < -0.3 is 20.3 Å². The number of hydrogen-bond acceptors (Lipinski definition) is 7. The Balaban J connectivity index is 1.35. The molecule has 1 aromatic heterocycles. The number of hydrogen-bond donors (Lipinski definition) is 3. The second kappa shape index (κ2) is 9.56. The van der Waals surface area contributed by atoms with Crippen molar-refractivity contribution in [3.8, 4) is 0 Å². The Labute approximate surface area is 184 Å². The summed E-state index contributed by atoms with van der Waals surface area (Å²) in [5.41, 5.74) is 0.283. The van der Waals surface area contributed by atoms with Crippen LogP contribution in [-0.4, -0.2) is 71.5 Å². The zero-order chi connectivity index (χ0) is 22.0. The van der Waals surface area contributed by atoms with Gasteiger partial charge in [-0.25, -0.2) is 8.42 Å². The van der Waals surface area contributed by atoms with E-state index >= 15 is 0 Å². The first-order chi connectivity index (χ1) is 14.9. The molecule has 0 unspecified atom stereocenters. The van der Waals surface area contributed by atoms with Crippen LogP contribution in [0.1, 0.15) is 74.5 Å². The van der Waals surface area contributed by atoms with Gasteiger partial charge in [0, 0.05) is 43.2 Å². The molecule has 2 saturated heterocycles. The first-order valence-corrected chi connectivity index (χ1v) is 13.1. The number of sulfonamides is 1. The fourth-order valence-electron chi connectivity index (χ4n) is 5.52. The maximum absolute atomic E-state index is 13.5. The monoisotopic (exact) mass is 454 g/mol. The highest BCUT2D eigenvalue weighted by Crippen LogP contribution is 2.41. The summed E-state index contributed by atoms with van der Waals surface area (Å²) < 4.78 is 33.8. The first-order valence-electron chi connectivity index (χ1n) is 11.6. The summed E-state index contributed by atoms with van der Waals surface area (Å²) >= 11 is 0. The molecule has 3 fully saturated rings. The molecule has 2 bridgehead atoms. The molecule has 174 valence electrons. The average molecular weight is 455 g/mol. The molecule has 1 aliphatic carbocycles. The van der Waals surface area contributed by atoms with Crippen LogP contribution in [0.4, 0.5) is 0 Å². The molecule has 1 aromatic rings. The Morgan fingerprint density at radius 3 is 2.42 bits per heavy atom. The van der Waals surface area contributed by atoms with Gasteiger partial charge in [0.25, 0.3) is 5.91 Å². The smallest absolute Gasteiger partial charge is 0.273 e. The van der Waals surface area contributed by atoms with Crippen LogP contribution in [0.5, 0.6) is 0 Å². The SMILES string of the molecule is CCc1cc(C(=O)N[C@H]2C[C@H]3CC[C@@H](C2)N3S(=O)(=O)[C@H]2CC[C@@H](NCCO)CC2)no1. The van der Waals surface area contributed by atoms with Gasteiger partial charge in [0.05, 0.1) is 11.9 Å². The minimum absolute atomic E-state index is 0.0391. The van der Waals surface area contributed by atoms with E-state index < -0.39 is 10.0 Å². The van der Waals surface area contributed by atoms with Gasteiger partial charge >= 0.3 is 0 Å². The molecule has 0 aromatic carbocycles. The maximum Gasteiger partial charge on any atom is 0.273 e. The summed E-state index contributed by atoms with van der Waals surface area (Å²) in [6.45, 7) is 2.59. The van der Waals surface area contributed by atoms with Crippen LogP contribution >= 0.6 is 0 Å². The van der Waals surface area contributed by atoms with E-state index in [1.165, 1.54) is 0 Å². The molecule has 3 N–H and O–H groups in total. The largest absolute Gasteiger partial charge is 0.395 e. The molecule has 0 radical (unpaired) electrons. The Morgan fingerprint density at radius 2 is 1.84 bits per heavy atom. The predicted octanol–water partition coefficient (Wildman–Crippen LogP) is 1.19. The summed E-state index contributed by atoms with van der Waals surface area (Å²) in [6.07, 6.45) is 6.65. The third-order valence-electron chi connectivity index (χ3n) is 7.08. The van der Waals surface area contributed by atoms with Gasteiger partial charge in [-0.3, -0.25) is 4.79 Å². The van der Waals surface area contributed by atoms with Gasteiger partial charge in [-0.1, -0.05) is 12.1 Å². The normalized spacial score (nSPS) is 31.6. The van der Waals surface area contributed by atoms with Crippen molar-refractivity contribution in [3.05, 3.63) is 17.5 Å². The molecule has 10 heteroatoms. The molecule has 2 aliphatic heterocycles. The number of piperidine rings is 1. The predicted molar refractivity (Wildman–Crippen MR) is 115 cm³/mol. The van der Waals surface area contributed by atoms with E-state index in [0.717, 1.165) is 25.7 Å². The molecule has 1 amide bonds. The number of aliphatic hydroxyl groups is 1. The summed E-state index contributed by atoms with van der Waals surface area (Å²) in [7, 11) is -3.35. The van der Waals surface area contributed by atoms with Crippen LogP contribution in [-0.2, 0) is 16.4 Å². The lowest BCUT2D eigenvalue weighted by atomic mass is 9.95. The maximum atomic E-state index is 13.5. The summed E-state index contributed by atoms with van der Waals surface area (Å²) in [5, 5.41) is 18.8. The fraction of sp³-hybridized carbons (Fsp3) is 0.810. The van der Waals surface area contributed by atoms with Crippen molar-refractivity contribution in [2.45, 2.75) is 94.1 Å². The number of aromatic nitrogens is 1. The minimum atomic E-state index is -3.35. The van der Waals surface area contributed by atoms with E-state index in [4.69, 9.17) is 9.63 Å². The van der Waals surface area contributed by atoms with Crippen LogP contribution in [0.3, 0.4) is 0 Å². The lowest BCUT2D eigenvalue weighted by Crippen LogP contribution is -2.55. The summed E-state index contributed by atoms with van der Waals surface area (Å²) in [6, 6.07) is 1.83. The van der Waals surface area contributed by atoms with E-state index in [2.05, 4.69) is 15.8 Å². The Bertz CT molecular complexity index is 851. The van der Waals surface area contributed by atoms with Crippen molar-refractivity contribution in [2.75, 3.05) is 13.2 Å². The number of carbonyl (C=O) groups is 1. The quantitative estimate of drug-likeness (QED) is 0.539. The van der Waals surface area contributed by atoms with Gasteiger partial charge in [0.2, 0.25) is 10.0 Å². The third-order valence-corrected chi connectivity index (χ3v) is 9.57. The molecule has 0 spiro atoms. The summed E-state index contributed by atoms with van der Waals surface area (Å²) in [5.74, 6) is 0.422. The molecule has 9 nitrogen and oxygen atoms in total. The fourth-order valence-corrected chi connectivity index (χ4v) is 7.95. The minimum Gasteiger partial charge on any atom is -0.395 e. The van der Waals surface area contributed by atoms with Gasteiger partial charge in [-0.2, -0.15) is 4.31 Å². The van der Waals surface area contributed by atoms with Crippen LogP contribution in [0.25, 0.3) is 0 Å². The highest BCUT2D eigenvalue weighted by molar-refractivity contribution is 7.89. The van der Waals surface area contributed by atoms with Crippen LogP contribution in [0.15, 0.2) is 10.6 Å². The highest BCUT2D eigenvalue weighted by Gasteiger charge is 2.49. The number of amides is 1. The molecule has 3 aliphatic rings. The second-order valence-corrected chi connectivity index (χ2v) is 11.2. The van der Waals surface area contributed by atoms with Crippen LogP contribution in [0, 0.1) is 0 Å². The van der Waals surface area contributed by atoms with Crippen molar-refractivity contribution < 1.29 is 22.8 Å². The van der Waals surface area contributed by atoms with E-state index in [1.807, 2.05) is 6.92 Å². The Kier molecular flexibility index (Phi) is 7.00. The third kappa shape index (κ3) is 4.81. The van der Waals surface area contributed by atoms with Crippen molar-refractivity contribution in [2.24, 2.45) is 0 Å². The number of nitrogens with one attached hydrogen (secondary N) is 2. The zero-order valence-electron chi connectivity index (χ0n) is 18.1. The van der Waals surface area contributed by atoms with Crippen LogP contribution < -0.4 is 10.6 Å². The van der Waals surface area contributed by atoms with E-state index in [9.17, 15) is 13.2 Å². The van der Waals surface area contributed by atoms with E-state index in [1.54, 1.807) is 10.4 Å². The number of fused-ring (bicyclic) bond motifs is 2. The van der Waals surface area contributed by atoms with Gasteiger partial charge in [-0.05, 0) is 51.4 Å². The molecular formula is C21H34N4O5S. The standard InChI is InChI=1S/C21H34N4O5S/c1-2-18-13-20(24-30-18)21(27)23-15-11-16-5-6-17(12-15)25(16)31(28,29)19-7-3-14(4-8-19)22-9-10-26/h13-17,19,22,26H,2-12H2,1H3,(H,23,27)/t14-,15-,16+,17-,19+. The van der Waals surface area contributed by atoms with Crippen molar-refractivity contribution in [3.63, 3.8) is 0 Å². The lowest BCUT2D eigenvalue weighted by Gasteiger charge is -2.41. The number of aliphatic hydroxyl groups excluding tert-OH is 1. The van der Waals surface area contributed by atoms with Crippen LogP contribution in [0.2, 0.25) is 0 Å². The average Bonchev–Trinajstić information content (AvgIpc) is 3.36. The molecule has 1 saturated carbocycles. The first kappa shape index (κ1) is 22.7. The highest BCUT2D eigenvalue weighted by atomic mass is 32.2. The second-order valence-electron chi connectivity index (χ2n) is 9.09. The van der Waals surface area contributed by atoms with E-state index in [0.29, 0.717) is 50.5 Å². The summed E-state index contributed by atoms with van der Waals surface area (Å²) in [4.78, 5) is 12.5. The number of rotatable bonds is 8. The van der Waals surface area contributed by atoms with Gasteiger partial charge in [0.1, 0.15) is 5.76 Å². The number of nitrogens with zero attached hydrogens (tertiary/aromatic N) is 2. The molecular weight excluding hydrogens is 420 g/mol. The van der Waals surface area contributed by atoms with Crippen molar-refractivity contribution >= 4 is 15.9 Å². The van der Waals surface area contributed by atoms with Gasteiger partial charge in [0.15, 0.2) is 5.69 Å². The number of carbonyl (C=O) groups excluding carboxylic acids is 1. The molecule has 3 atom stereocenters. The van der Waals surface area contributed by atoms with Crippen molar-refractivity contribution in [1.82, 2.24) is 20.1 Å². The lowest BCUT2D eigenvalue weighted by molar-refractivity contribution is 0.0899. The van der Waals surface area contributed by atoms with Gasteiger partial charge in [-0.15, -0.1) is 0 Å². The molecule has 31 heavy (non-hydrogen) atoms. The number of aryl methyl sites for hydroxylation is 1.